The summed E-state index contributed by atoms with van der Waals surface area (Å²) in [5, 5.41) is 14.9. The van der Waals surface area contributed by atoms with Gasteiger partial charge in [0.05, 0.1) is 29.8 Å². The van der Waals surface area contributed by atoms with Gasteiger partial charge in [0.2, 0.25) is 0 Å². The van der Waals surface area contributed by atoms with Crippen molar-refractivity contribution in [3.63, 3.8) is 0 Å². The molecule has 0 amide bonds. The quantitative estimate of drug-likeness (QED) is 0.499. The fourth-order valence-electron chi connectivity index (χ4n) is 4.11. The van der Waals surface area contributed by atoms with Crippen molar-refractivity contribution in [1.82, 2.24) is 0 Å². The maximum Gasteiger partial charge on any atom is 0.273 e. The zero-order valence-corrected chi connectivity index (χ0v) is 14.2. The lowest BCUT2D eigenvalue weighted by Gasteiger charge is -2.38. The van der Waals surface area contributed by atoms with E-state index in [1.54, 1.807) is 13.2 Å². The van der Waals surface area contributed by atoms with E-state index in [4.69, 9.17) is 4.74 Å². The number of ether oxygens (including phenoxy) is 1. The Morgan fingerprint density at radius 2 is 2.12 bits per heavy atom. The highest BCUT2D eigenvalue weighted by Gasteiger charge is 2.40. The standard InChI is InChI=1S/C20H20N2O3/c1-12-5-3-6-13(9-12)19-16-8-4-7-15(16)17-10-14(22(23)24)11-18(25-2)20(17)21-19/h3-7,9-11,15-16,19,21H,8H2,1-2H3/t15-,16-,19-/m1/s1. The summed E-state index contributed by atoms with van der Waals surface area (Å²) in [6, 6.07) is 11.9. The molecule has 1 N–H and O–H groups in total. The molecule has 0 radical (unpaired) electrons. The van der Waals surface area contributed by atoms with Crippen LogP contribution in [-0.2, 0) is 0 Å². The Morgan fingerprint density at radius 1 is 1.28 bits per heavy atom. The average Bonchev–Trinajstić information content (AvgIpc) is 3.10. The van der Waals surface area contributed by atoms with Gasteiger partial charge >= 0.3 is 0 Å². The highest BCUT2D eigenvalue weighted by atomic mass is 16.6. The molecule has 1 aliphatic heterocycles. The van der Waals surface area contributed by atoms with Gasteiger partial charge in [-0.2, -0.15) is 0 Å². The van der Waals surface area contributed by atoms with E-state index in [1.807, 2.05) is 0 Å². The van der Waals surface area contributed by atoms with Crippen LogP contribution in [-0.4, -0.2) is 12.0 Å². The number of rotatable bonds is 3. The highest BCUT2D eigenvalue weighted by Crippen LogP contribution is 2.53. The third kappa shape index (κ3) is 2.56. The Hall–Kier alpha value is -2.82. The van der Waals surface area contributed by atoms with Crippen LogP contribution in [0.15, 0.2) is 48.6 Å². The van der Waals surface area contributed by atoms with E-state index >= 15 is 0 Å². The number of hydrogen-bond acceptors (Lipinski definition) is 4. The Balaban J connectivity index is 1.85. The summed E-state index contributed by atoms with van der Waals surface area (Å²) in [5.74, 6) is 1.04. The minimum absolute atomic E-state index is 0.0745. The zero-order chi connectivity index (χ0) is 17.6. The zero-order valence-electron chi connectivity index (χ0n) is 14.2. The van der Waals surface area contributed by atoms with Crippen molar-refractivity contribution in [2.24, 2.45) is 5.92 Å². The van der Waals surface area contributed by atoms with Gasteiger partial charge in [-0.1, -0.05) is 42.0 Å². The number of allylic oxidation sites excluding steroid dienone is 2. The Kier molecular flexibility index (Phi) is 3.71. The number of nitro benzene ring substituents is 1. The van der Waals surface area contributed by atoms with Crippen molar-refractivity contribution in [3.05, 3.63) is 75.4 Å². The normalized spacial score (nSPS) is 23.5. The van der Waals surface area contributed by atoms with Crippen LogP contribution in [0.25, 0.3) is 0 Å². The second kappa shape index (κ2) is 5.92. The summed E-state index contributed by atoms with van der Waals surface area (Å²) in [6.45, 7) is 2.09. The number of anilines is 1. The van der Waals surface area contributed by atoms with E-state index in [-0.39, 0.29) is 22.6 Å². The molecule has 0 unspecified atom stereocenters. The van der Waals surface area contributed by atoms with E-state index in [0.717, 1.165) is 17.7 Å². The number of benzene rings is 2. The smallest absolute Gasteiger partial charge is 0.273 e. The van der Waals surface area contributed by atoms with E-state index < -0.39 is 0 Å². The molecule has 0 bridgehead atoms. The van der Waals surface area contributed by atoms with Crippen molar-refractivity contribution in [3.8, 4) is 5.75 Å². The van der Waals surface area contributed by atoms with Crippen LogP contribution in [0, 0.1) is 23.0 Å². The number of aryl methyl sites for hydroxylation is 1. The van der Waals surface area contributed by atoms with E-state index in [0.29, 0.717) is 11.7 Å². The van der Waals surface area contributed by atoms with Crippen LogP contribution in [0.1, 0.15) is 35.1 Å². The maximum atomic E-state index is 11.3. The van der Waals surface area contributed by atoms with Crippen molar-refractivity contribution >= 4 is 11.4 Å². The lowest BCUT2D eigenvalue weighted by Crippen LogP contribution is -2.29. The molecule has 4 rings (SSSR count). The predicted octanol–water partition coefficient (Wildman–Crippen LogP) is 4.74. The first kappa shape index (κ1) is 15.7. The molecular weight excluding hydrogens is 316 g/mol. The molecule has 128 valence electrons. The Morgan fingerprint density at radius 3 is 2.84 bits per heavy atom. The summed E-state index contributed by atoms with van der Waals surface area (Å²) >= 11 is 0. The van der Waals surface area contributed by atoms with Gasteiger partial charge in [-0.3, -0.25) is 10.1 Å². The molecule has 2 aromatic rings. The molecule has 1 heterocycles. The molecule has 3 atom stereocenters. The summed E-state index contributed by atoms with van der Waals surface area (Å²) in [7, 11) is 1.55. The van der Waals surface area contributed by atoms with Crippen LogP contribution in [0.2, 0.25) is 0 Å². The van der Waals surface area contributed by atoms with Crippen LogP contribution < -0.4 is 10.1 Å². The fourth-order valence-corrected chi connectivity index (χ4v) is 4.11. The minimum atomic E-state index is -0.358. The first-order valence-electron chi connectivity index (χ1n) is 8.44. The molecule has 5 heteroatoms. The fraction of sp³-hybridized carbons (Fsp3) is 0.300. The molecule has 5 nitrogen and oxygen atoms in total. The number of nitrogens with zero attached hydrogens (tertiary/aromatic N) is 1. The van der Waals surface area contributed by atoms with Gasteiger partial charge in [0.15, 0.2) is 0 Å². The van der Waals surface area contributed by atoms with Gasteiger partial charge in [0.1, 0.15) is 5.75 Å². The lowest BCUT2D eigenvalue weighted by molar-refractivity contribution is -0.385. The summed E-state index contributed by atoms with van der Waals surface area (Å²) in [5.41, 5.74) is 4.36. The second-order valence-electron chi connectivity index (χ2n) is 6.76. The Labute approximate surface area is 146 Å². The van der Waals surface area contributed by atoms with Gasteiger partial charge in [0, 0.05) is 12.0 Å². The molecule has 0 fully saturated rings. The molecule has 1 aliphatic carbocycles. The molecule has 0 aromatic heterocycles. The third-order valence-corrected chi connectivity index (χ3v) is 5.25. The van der Waals surface area contributed by atoms with Crippen molar-refractivity contribution in [2.75, 3.05) is 12.4 Å². The van der Waals surface area contributed by atoms with Crippen molar-refractivity contribution in [1.29, 1.82) is 0 Å². The SMILES string of the molecule is COc1cc([N+](=O)[O-])cc2c1N[C@H](c1cccc(C)c1)[C@@H]1CC=C[C@@H]21. The molecule has 2 aliphatic rings. The Bertz CT molecular complexity index is 875. The molecule has 25 heavy (non-hydrogen) atoms. The maximum absolute atomic E-state index is 11.3. The minimum Gasteiger partial charge on any atom is -0.494 e. The molecule has 0 saturated heterocycles. The number of nitrogens with one attached hydrogen (secondary N) is 1. The molecule has 0 saturated carbocycles. The van der Waals surface area contributed by atoms with Gasteiger partial charge < -0.3 is 10.1 Å². The monoisotopic (exact) mass is 336 g/mol. The largest absolute Gasteiger partial charge is 0.494 e. The summed E-state index contributed by atoms with van der Waals surface area (Å²) in [4.78, 5) is 10.9. The number of methoxy groups -OCH3 is 1. The predicted molar refractivity (Wildman–Crippen MR) is 97.2 cm³/mol. The van der Waals surface area contributed by atoms with Gasteiger partial charge in [-0.05, 0) is 30.4 Å². The second-order valence-corrected chi connectivity index (χ2v) is 6.76. The highest BCUT2D eigenvalue weighted by molar-refractivity contribution is 5.71. The average molecular weight is 336 g/mol. The number of nitro groups is 1. The van der Waals surface area contributed by atoms with Gasteiger partial charge in [-0.25, -0.2) is 0 Å². The van der Waals surface area contributed by atoms with E-state index in [1.165, 1.54) is 17.2 Å². The first-order valence-corrected chi connectivity index (χ1v) is 8.44. The molecule has 0 spiro atoms. The molecular formula is C20H20N2O3. The van der Waals surface area contributed by atoms with Crippen LogP contribution in [0.3, 0.4) is 0 Å². The van der Waals surface area contributed by atoms with Crippen molar-refractivity contribution < 1.29 is 9.66 Å². The summed E-state index contributed by atoms with van der Waals surface area (Å²) in [6.07, 6.45) is 5.32. The summed E-state index contributed by atoms with van der Waals surface area (Å²) < 4.78 is 5.47. The number of hydrogen-bond donors (Lipinski definition) is 1. The van der Waals surface area contributed by atoms with E-state index in [2.05, 4.69) is 48.7 Å². The van der Waals surface area contributed by atoms with Crippen LogP contribution in [0.5, 0.6) is 5.75 Å². The number of fused-ring (bicyclic) bond motifs is 3. The van der Waals surface area contributed by atoms with E-state index in [9.17, 15) is 10.1 Å². The topological polar surface area (TPSA) is 64.4 Å². The third-order valence-electron chi connectivity index (χ3n) is 5.25. The van der Waals surface area contributed by atoms with Crippen LogP contribution in [0.4, 0.5) is 11.4 Å². The van der Waals surface area contributed by atoms with Crippen LogP contribution >= 0.6 is 0 Å². The number of non-ortho nitro benzene ring substituents is 1. The van der Waals surface area contributed by atoms with Gasteiger partial charge in [0.25, 0.3) is 5.69 Å². The lowest BCUT2D eigenvalue weighted by atomic mass is 9.76. The first-order chi connectivity index (χ1) is 12.1. The molecule has 2 aromatic carbocycles. The van der Waals surface area contributed by atoms with Gasteiger partial charge in [-0.15, -0.1) is 0 Å². The van der Waals surface area contributed by atoms with Crippen molar-refractivity contribution in [2.45, 2.75) is 25.3 Å².